The van der Waals surface area contributed by atoms with E-state index in [1.165, 1.54) is 4.90 Å². The molecule has 18 nitrogen and oxygen atoms in total. The van der Waals surface area contributed by atoms with Gasteiger partial charge in [-0.05, 0) is 72.9 Å². The Labute approximate surface area is 383 Å². The summed E-state index contributed by atoms with van der Waals surface area (Å²) in [4.78, 5) is 94.5. The molecule has 1 aromatic heterocycles. The molecule has 2 saturated heterocycles. The summed E-state index contributed by atoms with van der Waals surface area (Å²) in [6.45, 7) is 3.15. The number of ketones is 1. The molecule has 67 heavy (non-hydrogen) atoms. The second-order valence-corrected chi connectivity index (χ2v) is 16.1. The smallest absolute Gasteiger partial charge is 0.268 e. The summed E-state index contributed by atoms with van der Waals surface area (Å²) < 4.78 is 54.9. The molecule has 7 rings (SSSR count). The van der Waals surface area contributed by atoms with Gasteiger partial charge in [0.1, 0.15) is 17.7 Å². The molecule has 4 heterocycles. The van der Waals surface area contributed by atoms with Gasteiger partial charge in [-0.15, -0.1) is 0 Å². The van der Waals surface area contributed by atoms with Gasteiger partial charge in [-0.3, -0.25) is 43.8 Å². The fraction of sp³-hybridized carbons (Fsp3) is 0.426. The van der Waals surface area contributed by atoms with Crippen LogP contribution in [-0.4, -0.2) is 140 Å². The highest BCUT2D eigenvalue weighted by Crippen LogP contribution is 2.32. The van der Waals surface area contributed by atoms with Crippen molar-refractivity contribution < 1.29 is 71.1 Å². The van der Waals surface area contributed by atoms with Crippen LogP contribution in [0, 0.1) is 11.6 Å². The lowest BCUT2D eigenvalue weighted by Gasteiger charge is -2.27. The monoisotopic (exact) mass is 931 g/mol. The van der Waals surface area contributed by atoms with Crippen LogP contribution in [0.3, 0.4) is 0 Å². The number of imide groups is 2. The molecule has 3 aliphatic rings. The van der Waals surface area contributed by atoms with E-state index in [0.717, 1.165) is 17.0 Å². The molecule has 356 valence electrons. The second kappa shape index (κ2) is 22.5. The normalized spacial score (nSPS) is 18.3. The van der Waals surface area contributed by atoms with Gasteiger partial charge in [0.15, 0.2) is 5.78 Å². The van der Waals surface area contributed by atoms with Crippen molar-refractivity contribution in [3.63, 3.8) is 0 Å². The van der Waals surface area contributed by atoms with E-state index in [9.17, 15) is 47.4 Å². The Morgan fingerprint density at radius 1 is 0.791 bits per heavy atom. The van der Waals surface area contributed by atoms with Crippen molar-refractivity contribution in [3.05, 3.63) is 100 Å². The van der Waals surface area contributed by atoms with Crippen molar-refractivity contribution in [2.24, 2.45) is 0 Å². The molecule has 20 heteroatoms. The third-order valence-electron chi connectivity index (χ3n) is 11.5. The number of anilines is 1. The molecule has 0 radical (unpaired) electrons. The van der Waals surface area contributed by atoms with Gasteiger partial charge in [0, 0.05) is 61.6 Å². The van der Waals surface area contributed by atoms with Crippen LogP contribution >= 0.6 is 0 Å². The summed E-state index contributed by atoms with van der Waals surface area (Å²) >= 11 is 0. The molecular formula is C47H51F2N5O13. The molecule has 0 aliphatic carbocycles. The maximum absolute atomic E-state index is 13.5. The van der Waals surface area contributed by atoms with Gasteiger partial charge in [-0.1, -0.05) is 12.1 Å². The molecular weight excluding hydrogens is 881 g/mol. The highest BCUT2D eigenvalue weighted by atomic mass is 19.1. The Morgan fingerprint density at radius 3 is 2.12 bits per heavy atom. The number of nitrogens with zero attached hydrogens (tertiary/aromatic N) is 2. The summed E-state index contributed by atoms with van der Waals surface area (Å²) in [5.74, 6) is -5.75. The van der Waals surface area contributed by atoms with Gasteiger partial charge in [-0.25, -0.2) is 8.78 Å². The number of aliphatic hydroxyl groups is 1. The number of aromatic nitrogens is 1. The first-order valence-corrected chi connectivity index (χ1v) is 22.0. The van der Waals surface area contributed by atoms with Crippen LogP contribution < -0.4 is 15.5 Å². The number of amides is 6. The first-order chi connectivity index (χ1) is 32.3. The van der Waals surface area contributed by atoms with Gasteiger partial charge < -0.3 is 44.0 Å². The fourth-order valence-electron chi connectivity index (χ4n) is 8.07. The van der Waals surface area contributed by atoms with Crippen molar-refractivity contribution in [2.75, 3.05) is 77.5 Å². The van der Waals surface area contributed by atoms with E-state index in [1.54, 1.807) is 42.5 Å². The number of nitrogens with one attached hydrogen (secondary N) is 3. The number of H-pyrrole nitrogens is 1. The number of benzene rings is 3. The van der Waals surface area contributed by atoms with E-state index in [0.29, 0.717) is 106 Å². The van der Waals surface area contributed by atoms with E-state index < -0.39 is 58.7 Å². The predicted molar refractivity (Wildman–Crippen MR) is 233 cm³/mol. The van der Waals surface area contributed by atoms with Crippen LogP contribution in [0.2, 0.25) is 0 Å². The number of carbonyl (C=O) groups excluding carboxylic acids is 7. The SMILES string of the molecule is O=C1CCC(N2C(=O)c3cccc(CCOCCOCCOCCOCCOCCCC(=O)c4cc5cc(N6CCC(O)(C(=O)NCc7cc(F)cc(F)c7)C6=O)ccc5[nH]4)c3C2=O)C(=O)N1. The number of halogens is 2. The average Bonchev–Trinajstić information content (AvgIpc) is 3.95. The van der Waals surface area contributed by atoms with Crippen molar-refractivity contribution in [1.82, 2.24) is 20.5 Å². The minimum Gasteiger partial charge on any atom is -0.379 e. The van der Waals surface area contributed by atoms with Crippen LogP contribution in [-0.2, 0) is 55.8 Å². The van der Waals surface area contributed by atoms with E-state index in [1.807, 2.05) is 0 Å². The molecule has 6 amide bonds. The first-order valence-electron chi connectivity index (χ1n) is 22.0. The van der Waals surface area contributed by atoms with Crippen LogP contribution in [0.4, 0.5) is 14.5 Å². The van der Waals surface area contributed by atoms with Crippen molar-refractivity contribution in [1.29, 1.82) is 0 Å². The summed E-state index contributed by atoms with van der Waals surface area (Å²) in [5.41, 5.74) is 0.371. The van der Waals surface area contributed by atoms with Gasteiger partial charge in [0.2, 0.25) is 17.4 Å². The molecule has 4 aromatic rings. The van der Waals surface area contributed by atoms with Crippen molar-refractivity contribution in [3.8, 4) is 0 Å². The number of fused-ring (bicyclic) bond motifs is 2. The molecule has 4 N–H and O–H groups in total. The highest BCUT2D eigenvalue weighted by Gasteiger charge is 2.52. The Bertz CT molecular complexity index is 2500. The van der Waals surface area contributed by atoms with Gasteiger partial charge in [-0.2, -0.15) is 0 Å². The lowest BCUT2D eigenvalue weighted by molar-refractivity contribution is -0.149. The number of Topliss-reactive ketones (excluding diaryl/α,β-unsaturated/α-hetero) is 1. The third kappa shape index (κ3) is 11.8. The van der Waals surface area contributed by atoms with Crippen LogP contribution in [0.15, 0.2) is 60.7 Å². The maximum atomic E-state index is 13.5. The molecule has 2 fully saturated rings. The third-order valence-corrected chi connectivity index (χ3v) is 11.5. The quantitative estimate of drug-likeness (QED) is 0.0325. The van der Waals surface area contributed by atoms with E-state index >= 15 is 0 Å². The molecule has 3 aromatic carbocycles. The first kappa shape index (κ1) is 48.6. The average molecular weight is 932 g/mol. The maximum Gasteiger partial charge on any atom is 0.268 e. The van der Waals surface area contributed by atoms with Gasteiger partial charge >= 0.3 is 0 Å². The predicted octanol–water partition coefficient (Wildman–Crippen LogP) is 2.92. The lowest BCUT2D eigenvalue weighted by Crippen LogP contribution is -2.54. The lowest BCUT2D eigenvalue weighted by atomic mass is 10.0. The van der Waals surface area contributed by atoms with Crippen LogP contribution in [0.25, 0.3) is 10.9 Å². The number of ether oxygens (including phenoxy) is 5. The van der Waals surface area contributed by atoms with E-state index in [2.05, 4.69) is 15.6 Å². The Morgan fingerprint density at radius 2 is 1.45 bits per heavy atom. The molecule has 2 unspecified atom stereocenters. The topological polar surface area (TPSA) is 232 Å². The summed E-state index contributed by atoms with van der Waals surface area (Å²) in [7, 11) is 0. The molecule has 0 saturated carbocycles. The minimum atomic E-state index is -2.36. The number of hydrogen-bond acceptors (Lipinski definition) is 13. The van der Waals surface area contributed by atoms with Crippen LogP contribution in [0.5, 0.6) is 0 Å². The minimum absolute atomic E-state index is 0.0474. The summed E-state index contributed by atoms with van der Waals surface area (Å²) in [5, 5.41) is 16.2. The number of carbonyl (C=O) groups is 7. The van der Waals surface area contributed by atoms with Crippen molar-refractivity contribution >= 4 is 57.8 Å². The van der Waals surface area contributed by atoms with E-state index in [4.69, 9.17) is 23.7 Å². The number of rotatable bonds is 25. The van der Waals surface area contributed by atoms with Crippen molar-refractivity contribution in [2.45, 2.75) is 56.7 Å². The Balaban J connectivity index is 0.694. The Hall–Kier alpha value is -6.29. The molecule has 3 aliphatic heterocycles. The molecule has 2 atom stereocenters. The zero-order chi connectivity index (χ0) is 47.5. The second-order valence-electron chi connectivity index (χ2n) is 16.1. The molecule has 0 spiro atoms. The van der Waals surface area contributed by atoms with Gasteiger partial charge in [0.05, 0.1) is 76.3 Å². The number of aromatic amines is 1. The highest BCUT2D eigenvalue weighted by molar-refractivity contribution is 6.24. The fourth-order valence-corrected chi connectivity index (χ4v) is 8.07. The zero-order valence-electron chi connectivity index (χ0n) is 36.6. The summed E-state index contributed by atoms with van der Waals surface area (Å²) in [6, 6.07) is 13.4. The number of hydrogen-bond donors (Lipinski definition) is 4. The molecule has 0 bridgehead atoms. The van der Waals surface area contributed by atoms with Crippen LogP contribution in [0.1, 0.15) is 74.4 Å². The number of piperidine rings is 1. The Kier molecular flexibility index (Phi) is 16.3. The zero-order valence-corrected chi connectivity index (χ0v) is 36.6. The summed E-state index contributed by atoms with van der Waals surface area (Å²) in [6.07, 6.45) is 1.03. The van der Waals surface area contributed by atoms with E-state index in [-0.39, 0.29) is 67.9 Å². The van der Waals surface area contributed by atoms with Gasteiger partial charge in [0.25, 0.3) is 23.6 Å². The standard InChI is InChI=1S/C47H51F2N5O13/c48-32-23-29(24-33(49)27-32)28-50-45(60)47(62)11-12-53(46(47)61)34-6-7-36-31(25-34)26-37(51-36)39(55)5-2-13-63-15-17-65-19-21-67-22-20-66-18-16-64-14-10-30-3-1-4-35-41(30)44(59)54(43(35)58)38-8-9-40(56)52-42(38)57/h1,3-4,6-7,23-27,38,51,62H,2,5,8-22,28H2,(H,50,60)(H,52,56,57). The largest absolute Gasteiger partial charge is 0.379 e.